The Morgan fingerprint density at radius 1 is 1.25 bits per heavy atom. The van der Waals surface area contributed by atoms with Gasteiger partial charge in [0.15, 0.2) is 0 Å². The third-order valence-electron chi connectivity index (χ3n) is 3.19. The molecule has 0 fully saturated rings. The fourth-order valence-electron chi connectivity index (χ4n) is 2.19. The summed E-state index contributed by atoms with van der Waals surface area (Å²) in [6, 6.07) is 10.0. The Morgan fingerprint density at radius 2 is 2.15 bits per heavy atom. The van der Waals surface area contributed by atoms with E-state index in [0.29, 0.717) is 11.8 Å². The molecular weight excluding hydrogens is 252 g/mol. The lowest BCUT2D eigenvalue weighted by Gasteiger charge is -2.05. The predicted molar refractivity (Wildman–Crippen MR) is 79.1 cm³/mol. The number of fused-ring (bicyclic) bond motifs is 1. The molecule has 2 aromatic heterocycles. The third-order valence-corrected chi connectivity index (χ3v) is 3.19. The van der Waals surface area contributed by atoms with E-state index < -0.39 is 0 Å². The summed E-state index contributed by atoms with van der Waals surface area (Å²) in [5, 5.41) is 4.47. The van der Waals surface area contributed by atoms with Crippen molar-refractivity contribution >= 4 is 16.9 Å². The standard InChI is InChI=1S/C15H16N4O/c1-20-14-7-9-17-15(19-14)16-8-6-11-10-18-13-5-3-2-4-12(11)13/h2-5,7,9-10,18H,6,8H2,1H3,(H,16,17,19). The zero-order chi connectivity index (χ0) is 13.8. The lowest BCUT2D eigenvalue weighted by Crippen LogP contribution is -2.08. The highest BCUT2D eigenvalue weighted by atomic mass is 16.5. The Labute approximate surface area is 117 Å². The summed E-state index contributed by atoms with van der Waals surface area (Å²) < 4.78 is 5.07. The molecule has 2 heterocycles. The van der Waals surface area contributed by atoms with Crippen LogP contribution >= 0.6 is 0 Å². The van der Waals surface area contributed by atoms with Crippen molar-refractivity contribution in [3.63, 3.8) is 0 Å². The van der Waals surface area contributed by atoms with Gasteiger partial charge in [-0.3, -0.25) is 0 Å². The van der Waals surface area contributed by atoms with E-state index in [1.54, 1.807) is 19.4 Å². The van der Waals surface area contributed by atoms with Crippen molar-refractivity contribution in [3.8, 4) is 5.88 Å². The van der Waals surface area contributed by atoms with Crippen LogP contribution in [0.2, 0.25) is 0 Å². The molecule has 102 valence electrons. The van der Waals surface area contributed by atoms with Crippen LogP contribution in [0.1, 0.15) is 5.56 Å². The molecule has 0 saturated heterocycles. The highest BCUT2D eigenvalue weighted by Gasteiger charge is 2.03. The zero-order valence-electron chi connectivity index (χ0n) is 11.3. The molecule has 0 aliphatic heterocycles. The van der Waals surface area contributed by atoms with Gasteiger partial charge in [0.25, 0.3) is 0 Å². The fraction of sp³-hybridized carbons (Fsp3) is 0.200. The second-order valence-electron chi connectivity index (χ2n) is 4.46. The van der Waals surface area contributed by atoms with E-state index >= 15 is 0 Å². The molecule has 0 unspecified atom stereocenters. The molecule has 0 atom stereocenters. The van der Waals surface area contributed by atoms with Crippen molar-refractivity contribution in [3.05, 3.63) is 48.3 Å². The number of rotatable bonds is 5. The van der Waals surface area contributed by atoms with Crippen molar-refractivity contribution < 1.29 is 4.74 Å². The van der Waals surface area contributed by atoms with Gasteiger partial charge in [0, 0.05) is 35.9 Å². The summed E-state index contributed by atoms with van der Waals surface area (Å²) in [6.07, 6.45) is 4.64. The molecule has 0 saturated carbocycles. The highest BCUT2D eigenvalue weighted by Crippen LogP contribution is 2.18. The molecule has 2 N–H and O–H groups in total. The van der Waals surface area contributed by atoms with Crippen LogP contribution < -0.4 is 10.1 Å². The number of benzene rings is 1. The molecule has 0 spiro atoms. The van der Waals surface area contributed by atoms with Gasteiger partial charge in [-0.15, -0.1) is 0 Å². The van der Waals surface area contributed by atoms with Crippen LogP contribution in [-0.2, 0) is 6.42 Å². The van der Waals surface area contributed by atoms with Gasteiger partial charge in [-0.2, -0.15) is 4.98 Å². The molecular formula is C15H16N4O. The average Bonchev–Trinajstić information content (AvgIpc) is 2.91. The average molecular weight is 268 g/mol. The lowest BCUT2D eigenvalue weighted by atomic mass is 10.1. The number of nitrogens with zero attached hydrogens (tertiary/aromatic N) is 2. The van der Waals surface area contributed by atoms with E-state index in [4.69, 9.17) is 4.74 Å². The Hall–Kier alpha value is -2.56. The second-order valence-corrected chi connectivity index (χ2v) is 4.46. The van der Waals surface area contributed by atoms with E-state index in [-0.39, 0.29) is 0 Å². The maximum Gasteiger partial charge on any atom is 0.225 e. The van der Waals surface area contributed by atoms with E-state index in [2.05, 4.69) is 44.7 Å². The molecule has 0 aliphatic rings. The van der Waals surface area contributed by atoms with Gasteiger partial charge >= 0.3 is 0 Å². The Morgan fingerprint density at radius 3 is 3.05 bits per heavy atom. The molecule has 0 amide bonds. The Balaban J connectivity index is 1.65. The number of hydrogen-bond donors (Lipinski definition) is 2. The number of anilines is 1. The highest BCUT2D eigenvalue weighted by molar-refractivity contribution is 5.83. The predicted octanol–water partition coefficient (Wildman–Crippen LogP) is 2.62. The van der Waals surface area contributed by atoms with Gasteiger partial charge in [0.05, 0.1) is 7.11 Å². The molecule has 5 nitrogen and oxygen atoms in total. The van der Waals surface area contributed by atoms with Crippen LogP contribution in [0.25, 0.3) is 10.9 Å². The van der Waals surface area contributed by atoms with Crippen molar-refractivity contribution in [2.75, 3.05) is 19.0 Å². The number of H-pyrrole nitrogens is 1. The summed E-state index contributed by atoms with van der Waals surface area (Å²) in [5.41, 5.74) is 2.45. The number of nitrogens with one attached hydrogen (secondary N) is 2. The van der Waals surface area contributed by atoms with Crippen molar-refractivity contribution in [2.45, 2.75) is 6.42 Å². The summed E-state index contributed by atoms with van der Waals surface area (Å²) in [4.78, 5) is 11.7. The number of hydrogen-bond acceptors (Lipinski definition) is 4. The van der Waals surface area contributed by atoms with Crippen LogP contribution in [0.15, 0.2) is 42.7 Å². The van der Waals surface area contributed by atoms with Crippen molar-refractivity contribution in [2.24, 2.45) is 0 Å². The largest absolute Gasteiger partial charge is 0.481 e. The number of ether oxygens (including phenoxy) is 1. The maximum atomic E-state index is 5.07. The van der Waals surface area contributed by atoms with E-state index in [1.165, 1.54) is 16.5 Å². The lowest BCUT2D eigenvalue weighted by molar-refractivity contribution is 0.397. The van der Waals surface area contributed by atoms with Gasteiger partial charge in [0.2, 0.25) is 11.8 Å². The first-order valence-electron chi connectivity index (χ1n) is 6.53. The second kappa shape index (κ2) is 5.61. The van der Waals surface area contributed by atoms with Crippen LogP contribution in [0.3, 0.4) is 0 Å². The summed E-state index contributed by atoms with van der Waals surface area (Å²) >= 11 is 0. The Kier molecular flexibility index (Phi) is 3.50. The smallest absolute Gasteiger partial charge is 0.225 e. The first-order chi connectivity index (χ1) is 9.86. The summed E-state index contributed by atoms with van der Waals surface area (Å²) in [7, 11) is 1.60. The van der Waals surface area contributed by atoms with Gasteiger partial charge in [-0.05, 0) is 18.1 Å². The van der Waals surface area contributed by atoms with E-state index in [0.717, 1.165) is 13.0 Å². The van der Waals surface area contributed by atoms with Gasteiger partial charge < -0.3 is 15.0 Å². The van der Waals surface area contributed by atoms with Crippen molar-refractivity contribution in [1.29, 1.82) is 0 Å². The molecule has 0 bridgehead atoms. The minimum Gasteiger partial charge on any atom is -0.481 e. The molecule has 20 heavy (non-hydrogen) atoms. The fourth-order valence-corrected chi connectivity index (χ4v) is 2.19. The monoisotopic (exact) mass is 268 g/mol. The van der Waals surface area contributed by atoms with E-state index in [1.807, 2.05) is 6.07 Å². The van der Waals surface area contributed by atoms with Gasteiger partial charge in [-0.1, -0.05) is 18.2 Å². The van der Waals surface area contributed by atoms with Crippen molar-refractivity contribution in [1.82, 2.24) is 15.0 Å². The van der Waals surface area contributed by atoms with E-state index in [9.17, 15) is 0 Å². The van der Waals surface area contributed by atoms with Gasteiger partial charge in [0.1, 0.15) is 0 Å². The minimum atomic E-state index is 0.564. The molecule has 0 radical (unpaired) electrons. The summed E-state index contributed by atoms with van der Waals surface area (Å²) in [6.45, 7) is 0.773. The SMILES string of the molecule is COc1ccnc(NCCc2c[nH]c3ccccc23)n1. The van der Waals surface area contributed by atoms with Crippen LogP contribution in [0.5, 0.6) is 5.88 Å². The molecule has 0 aliphatic carbocycles. The zero-order valence-corrected chi connectivity index (χ0v) is 11.3. The number of aromatic amines is 1. The third kappa shape index (κ3) is 2.56. The number of methoxy groups -OCH3 is 1. The van der Waals surface area contributed by atoms with Crippen LogP contribution in [0, 0.1) is 0 Å². The van der Waals surface area contributed by atoms with Crippen LogP contribution in [0.4, 0.5) is 5.95 Å². The number of para-hydroxylation sites is 1. The number of aromatic nitrogens is 3. The molecule has 3 aromatic rings. The molecule has 1 aromatic carbocycles. The minimum absolute atomic E-state index is 0.564. The first-order valence-corrected chi connectivity index (χ1v) is 6.53. The molecule has 5 heteroatoms. The van der Waals surface area contributed by atoms with Crippen LogP contribution in [-0.4, -0.2) is 28.6 Å². The topological polar surface area (TPSA) is 62.8 Å². The first kappa shape index (κ1) is 12.5. The van der Waals surface area contributed by atoms with Gasteiger partial charge in [-0.25, -0.2) is 4.98 Å². The molecule has 3 rings (SSSR count). The summed E-state index contributed by atoms with van der Waals surface area (Å²) in [5.74, 6) is 1.15. The Bertz CT molecular complexity index is 708. The quantitative estimate of drug-likeness (QED) is 0.746. The normalized spacial score (nSPS) is 10.7. The maximum absolute atomic E-state index is 5.07.